The zero-order valence-corrected chi connectivity index (χ0v) is 7.70. The number of methoxy groups -OCH3 is 1. The summed E-state index contributed by atoms with van der Waals surface area (Å²) >= 11 is 0. The van der Waals surface area contributed by atoms with Crippen molar-refractivity contribution in [3.8, 4) is 0 Å². The molecule has 0 aliphatic heterocycles. The van der Waals surface area contributed by atoms with Crippen molar-refractivity contribution < 1.29 is 9.53 Å². The van der Waals surface area contributed by atoms with E-state index in [-0.39, 0.29) is 5.91 Å². The molecule has 1 heterocycles. The maximum absolute atomic E-state index is 11.2. The number of hydrogen-bond acceptors (Lipinski definition) is 3. The first-order chi connectivity index (χ1) is 6.24. The molecular weight excluding hydrogens is 170 g/mol. The zero-order valence-electron chi connectivity index (χ0n) is 7.70. The molecular formula is C8H13N3O2. The summed E-state index contributed by atoms with van der Waals surface area (Å²) in [6, 6.07) is 0. The largest absolute Gasteiger partial charge is 0.372 e. The highest BCUT2D eigenvalue weighted by atomic mass is 16.5. The van der Waals surface area contributed by atoms with Crippen LogP contribution in [0.4, 0.5) is 0 Å². The molecule has 0 saturated heterocycles. The third-order valence-electron chi connectivity index (χ3n) is 1.73. The first-order valence-electron chi connectivity index (χ1n) is 4.01. The molecule has 5 nitrogen and oxygen atoms in total. The molecule has 72 valence electrons. The third kappa shape index (κ3) is 2.87. The Kier molecular flexibility index (Phi) is 3.45. The number of nitrogens with one attached hydrogen (secondary N) is 2. The lowest BCUT2D eigenvalue weighted by molar-refractivity contribution is -0.130. The third-order valence-corrected chi connectivity index (χ3v) is 1.73. The summed E-state index contributed by atoms with van der Waals surface area (Å²) in [6.45, 7) is 2.15. The van der Waals surface area contributed by atoms with Gasteiger partial charge in [-0.25, -0.2) is 4.98 Å². The second kappa shape index (κ2) is 4.61. The Morgan fingerprint density at radius 3 is 3.15 bits per heavy atom. The average molecular weight is 183 g/mol. The van der Waals surface area contributed by atoms with Gasteiger partial charge in [-0.3, -0.25) is 4.79 Å². The van der Waals surface area contributed by atoms with Crippen LogP contribution in [0.5, 0.6) is 0 Å². The number of H-pyrrole nitrogens is 1. The van der Waals surface area contributed by atoms with Crippen LogP contribution < -0.4 is 5.32 Å². The lowest BCUT2D eigenvalue weighted by atomic mass is 10.3. The van der Waals surface area contributed by atoms with Crippen molar-refractivity contribution >= 4 is 5.91 Å². The van der Waals surface area contributed by atoms with Gasteiger partial charge in [0, 0.05) is 13.3 Å². The minimum Gasteiger partial charge on any atom is -0.372 e. The second-order valence-corrected chi connectivity index (χ2v) is 2.67. The van der Waals surface area contributed by atoms with Crippen LogP contribution >= 0.6 is 0 Å². The van der Waals surface area contributed by atoms with Crippen LogP contribution in [0.25, 0.3) is 0 Å². The fourth-order valence-electron chi connectivity index (χ4n) is 0.814. The van der Waals surface area contributed by atoms with Gasteiger partial charge in [0.25, 0.3) is 0 Å². The number of aromatic amines is 1. The van der Waals surface area contributed by atoms with Gasteiger partial charge < -0.3 is 15.0 Å². The second-order valence-electron chi connectivity index (χ2n) is 2.67. The molecule has 1 atom stereocenters. The number of rotatable bonds is 4. The molecule has 1 aromatic heterocycles. The smallest absolute Gasteiger partial charge is 0.249 e. The first-order valence-corrected chi connectivity index (χ1v) is 4.01. The molecule has 1 unspecified atom stereocenters. The quantitative estimate of drug-likeness (QED) is 0.693. The summed E-state index contributed by atoms with van der Waals surface area (Å²) in [5, 5.41) is 2.70. The Balaban J connectivity index is 2.31. The molecule has 13 heavy (non-hydrogen) atoms. The highest BCUT2D eigenvalue weighted by Crippen LogP contribution is 1.92. The molecule has 1 rings (SSSR count). The van der Waals surface area contributed by atoms with Gasteiger partial charge >= 0.3 is 0 Å². The van der Waals surface area contributed by atoms with Crippen LogP contribution in [0.3, 0.4) is 0 Å². The van der Waals surface area contributed by atoms with Gasteiger partial charge in [0.15, 0.2) is 0 Å². The van der Waals surface area contributed by atoms with Gasteiger partial charge in [0.1, 0.15) is 6.10 Å². The number of amides is 1. The van der Waals surface area contributed by atoms with Crippen LogP contribution in [0, 0.1) is 0 Å². The van der Waals surface area contributed by atoms with E-state index in [4.69, 9.17) is 4.74 Å². The average Bonchev–Trinajstić information content (AvgIpc) is 2.65. The molecule has 0 saturated carbocycles. The number of aromatic nitrogens is 2. The first kappa shape index (κ1) is 9.73. The highest BCUT2D eigenvalue weighted by Gasteiger charge is 2.10. The van der Waals surface area contributed by atoms with Crippen molar-refractivity contribution in [2.24, 2.45) is 0 Å². The predicted molar refractivity (Wildman–Crippen MR) is 46.9 cm³/mol. The number of hydrogen-bond donors (Lipinski definition) is 2. The molecule has 0 bridgehead atoms. The van der Waals surface area contributed by atoms with E-state index in [1.165, 1.54) is 7.11 Å². The van der Waals surface area contributed by atoms with Crippen molar-refractivity contribution in [3.63, 3.8) is 0 Å². The van der Waals surface area contributed by atoms with Crippen LogP contribution in [-0.4, -0.2) is 29.1 Å². The predicted octanol–water partition coefficient (Wildman–Crippen LogP) is 0.0608. The van der Waals surface area contributed by atoms with Gasteiger partial charge in [-0.1, -0.05) is 0 Å². The summed E-state index contributed by atoms with van der Waals surface area (Å²) in [4.78, 5) is 17.9. The standard InChI is InChI=1S/C8H13N3O2/c1-6(13-2)8(12)10-4-7-3-9-5-11-7/h3,5-6H,4H2,1-2H3,(H,9,11)(H,10,12). The van der Waals surface area contributed by atoms with Crippen molar-refractivity contribution in [2.45, 2.75) is 19.6 Å². The molecule has 1 amide bonds. The van der Waals surface area contributed by atoms with E-state index >= 15 is 0 Å². The van der Waals surface area contributed by atoms with Gasteiger partial charge in [-0.15, -0.1) is 0 Å². The number of nitrogens with zero attached hydrogens (tertiary/aromatic N) is 1. The van der Waals surface area contributed by atoms with Crippen LogP contribution in [-0.2, 0) is 16.1 Å². The van der Waals surface area contributed by atoms with Gasteiger partial charge in [0.2, 0.25) is 5.91 Å². The zero-order chi connectivity index (χ0) is 9.68. The Morgan fingerprint density at radius 1 is 1.85 bits per heavy atom. The molecule has 0 spiro atoms. The lowest BCUT2D eigenvalue weighted by Gasteiger charge is -2.08. The fourth-order valence-corrected chi connectivity index (χ4v) is 0.814. The van der Waals surface area contributed by atoms with Crippen LogP contribution in [0.1, 0.15) is 12.6 Å². The van der Waals surface area contributed by atoms with Crippen LogP contribution in [0.15, 0.2) is 12.5 Å². The molecule has 2 N–H and O–H groups in total. The van der Waals surface area contributed by atoms with E-state index in [0.717, 1.165) is 5.69 Å². The van der Waals surface area contributed by atoms with Crippen molar-refractivity contribution in [3.05, 3.63) is 18.2 Å². The summed E-state index contributed by atoms with van der Waals surface area (Å²) in [5.41, 5.74) is 0.872. The molecule has 5 heteroatoms. The summed E-state index contributed by atoms with van der Waals surface area (Å²) in [7, 11) is 1.50. The minimum atomic E-state index is -0.414. The maximum atomic E-state index is 11.2. The number of carbonyl (C=O) groups excluding carboxylic acids is 1. The molecule has 1 aromatic rings. The number of imidazole rings is 1. The number of carbonyl (C=O) groups is 1. The molecule has 0 fully saturated rings. The topological polar surface area (TPSA) is 67.0 Å². The summed E-state index contributed by atoms with van der Waals surface area (Å²) in [6.07, 6.45) is 2.82. The highest BCUT2D eigenvalue weighted by molar-refractivity contribution is 5.80. The van der Waals surface area contributed by atoms with E-state index in [2.05, 4.69) is 15.3 Å². The van der Waals surface area contributed by atoms with Crippen molar-refractivity contribution in [2.75, 3.05) is 7.11 Å². The fraction of sp³-hybridized carbons (Fsp3) is 0.500. The Bertz CT molecular complexity index is 258. The SMILES string of the molecule is COC(C)C(=O)NCc1cnc[nH]1. The monoisotopic (exact) mass is 183 g/mol. The van der Waals surface area contributed by atoms with E-state index in [0.29, 0.717) is 6.54 Å². The van der Waals surface area contributed by atoms with E-state index < -0.39 is 6.10 Å². The van der Waals surface area contributed by atoms with Crippen molar-refractivity contribution in [1.82, 2.24) is 15.3 Å². The normalized spacial score (nSPS) is 12.5. The van der Waals surface area contributed by atoms with Gasteiger partial charge in [-0.05, 0) is 6.92 Å². The van der Waals surface area contributed by atoms with Gasteiger partial charge in [0.05, 0.1) is 18.6 Å². The maximum Gasteiger partial charge on any atom is 0.249 e. The lowest BCUT2D eigenvalue weighted by Crippen LogP contribution is -2.33. The van der Waals surface area contributed by atoms with Gasteiger partial charge in [-0.2, -0.15) is 0 Å². The van der Waals surface area contributed by atoms with Crippen molar-refractivity contribution in [1.29, 1.82) is 0 Å². The van der Waals surface area contributed by atoms with E-state index in [1.807, 2.05) is 0 Å². The Labute approximate surface area is 76.5 Å². The molecule has 0 aliphatic rings. The summed E-state index contributed by atoms with van der Waals surface area (Å²) in [5.74, 6) is -0.128. The van der Waals surface area contributed by atoms with E-state index in [1.54, 1.807) is 19.4 Å². The minimum absolute atomic E-state index is 0.128. The summed E-state index contributed by atoms with van der Waals surface area (Å²) < 4.78 is 4.84. The molecule has 0 radical (unpaired) electrons. The van der Waals surface area contributed by atoms with E-state index in [9.17, 15) is 4.79 Å². The number of ether oxygens (including phenoxy) is 1. The Hall–Kier alpha value is -1.36. The van der Waals surface area contributed by atoms with Crippen LogP contribution in [0.2, 0.25) is 0 Å². The molecule has 0 aromatic carbocycles. The molecule has 0 aliphatic carbocycles. The Morgan fingerprint density at radius 2 is 2.62 bits per heavy atom.